The highest BCUT2D eigenvalue weighted by Crippen LogP contribution is 2.22. The molecule has 2 heterocycles. The number of amides is 1. The summed E-state index contributed by atoms with van der Waals surface area (Å²) >= 11 is 1.35. The Labute approximate surface area is 164 Å². The lowest BCUT2D eigenvalue weighted by Crippen LogP contribution is -2.42. The molecule has 1 aliphatic heterocycles. The molecular weight excluding hydrogens is 384 g/mol. The molecule has 1 amide bonds. The largest absolute Gasteiger partial charge is 0.338 e. The van der Waals surface area contributed by atoms with Crippen LogP contribution >= 0.6 is 11.8 Å². The Balaban J connectivity index is 1.65. The Morgan fingerprint density at radius 3 is 2.67 bits per heavy atom. The number of carbonyl (C=O) groups is 1. The fraction of sp³-hybridized carbons (Fsp3) is 0.500. The van der Waals surface area contributed by atoms with Gasteiger partial charge in [-0.25, -0.2) is 8.42 Å². The third kappa shape index (κ3) is 4.90. The second-order valence-corrected chi connectivity index (χ2v) is 9.80. The minimum atomic E-state index is -3.02. The first-order valence-corrected chi connectivity index (χ1v) is 11.8. The maximum atomic E-state index is 12.7. The van der Waals surface area contributed by atoms with Crippen LogP contribution in [0.2, 0.25) is 0 Å². The van der Waals surface area contributed by atoms with Gasteiger partial charge in [0.2, 0.25) is 5.91 Å². The molecule has 1 atom stereocenters. The van der Waals surface area contributed by atoms with Crippen LogP contribution in [0.25, 0.3) is 0 Å². The van der Waals surface area contributed by atoms with Crippen molar-refractivity contribution in [3.8, 4) is 0 Å². The van der Waals surface area contributed by atoms with E-state index < -0.39 is 9.84 Å². The minimum Gasteiger partial charge on any atom is -0.338 e. The van der Waals surface area contributed by atoms with Crippen molar-refractivity contribution in [3.63, 3.8) is 0 Å². The number of benzene rings is 1. The first-order valence-electron chi connectivity index (χ1n) is 8.96. The first-order chi connectivity index (χ1) is 12.9. The van der Waals surface area contributed by atoms with E-state index in [1.54, 1.807) is 4.90 Å². The molecule has 0 spiro atoms. The van der Waals surface area contributed by atoms with Gasteiger partial charge in [0, 0.05) is 12.6 Å². The van der Waals surface area contributed by atoms with Gasteiger partial charge in [0.05, 0.1) is 23.8 Å². The Hall–Kier alpha value is -1.87. The number of sulfone groups is 1. The summed E-state index contributed by atoms with van der Waals surface area (Å²) in [6.07, 6.45) is 0.524. The molecule has 2 aromatic rings. The van der Waals surface area contributed by atoms with E-state index in [0.29, 0.717) is 24.7 Å². The summed E-state index contributed by atoms with van der Waals surface area (Å²) in [7, 11) is -3.02. The van der Waals surface area contributed by atoms with Crippen molar-refractivity contribution in [2.24, 2.45) is 0 Å². The average Bonchev–Trinajstić information content (AvgIpc) is 3.17. The predicted octanol–water partition coefficient (Wildman–Crippen LogP) is 1.76. The smallest absolute Gasteiger partial charge is 0.233 e. The normalized spacial score (nSPS) is 18.5. The Bertz CT molecular complexity index is 897. The van der Waals surface area contributed by atoms with Gasteiger partial charge >= 0.3 is 0 Å². The lowest BCUT2D eigenvalue weighted by atomic mass is 10.2. The van der Waals surface area contributed by atoms with Crippen LogP contribution in [-0.2, 0) is 21.2 Å². The van der Waals surface area contributed by atoms with Crippen molar-refractivity contribution in [2.75, 3.05) is 23.8 Å². The molecule has 0 aliphatic carbocycles. The first kappa shape index (κ1) is 19.9. The van der Waals surface area contributed by atoms with E-state index in [2.05, 4.69) is 10.2 Å². The molecule has 0 bridgehead atoms. The molecule has 0 radical (unpaired) electrons. The third-order valence-electron chi connectivity index (χ3n) is 4.72. The van der Waals surface area contributed by atoms with E-state index in [1.807, 2.05) is 48.7 Å². The highest BCUT2D eigenvalue weighted by atomic mass is 32.2. The van der Waals surface area contributed by atoms with Crippen molar-refractivity contribution in [1.82, 2.24) is 19.7 Å². The molecule has 3 rings (SSSR count). The summed E-state index contributed by atoms with van der Waals surface area (Å²) in [4.78, 5) is 14.4. The molecule has 9 heteroatoms. The van der Waals surface area contributed by atoms with Crippen molar-refractivity contribution < 1.29 is 13.2 Å². The van der Waals surface area contributed by atoms with Crippen LogP contribution in [-0.4, -0.2) is 63.8 Å². The maximum absolute atomic E-state index is 12.7. The highest BCUT2D eigenvalue weighted by Gasteiger charge is 2.33. The monoisotopic (exact) mass is 408 g/mol. The molecule has 7 nitrogen and oxygen atoms in total. The minimum absolute atomic E-state index is 0.0588. The zero-order valence-electron chi connectivity index (χ0n) is 15.5. The van der Waals surface area contributed by atoms with Gasteiger partial charge in [0.1, 0.15) is 5.82 Å². The second kappa shape index (κ2) is 8.43. The van der Waals surface area contributed by atoms with Gasteiger partial charge in [0.25, 0.3) is 0 Å². The van der Waals surface area contributed by atoms with Crippen LogP contribution in [0.3, 0.4) is 0 Å². The molecule has 27 heavy (non-hydrogen) atoms. The molecule has 1 aliphatic rings. The number of nitrogens with zero attached hydrogens (tertiary/aromatic N) is 4. The maximum Gasteiger partial charge on any atom is 0.233 e. The summed E-state index contributed by atoms with van der Waals surface area (Å²) in [5.74, 6) is 1.19. The average molecular weight is 409 g/mol. The SMILES string of the molecule is CCN(C(=O)CSc1nnc(C)n1Cc1ccccc1)[C@@H]1CCS(=O)(=O)C1. The Kier molecular flexibility index (Phi) is 6.21. The molecule has 0 N–H and O–H groups in total. The van der Waals surface area contributed by atoms with Crippen molar-refractivity contribution in [3.05, 3.63) is 41.7 Å². The quantitative estimate of drug-likeness (QED) is 0.649. The van der Waals surface area contributed by atoms with E-state index >= 15 is 0 Å². The number of hydrogen-bond acceptors (Lipinski definition) is 6. The van der Waals surface area contributed by atoms with E-state index in [1.165, 1.54) is 11.8 Å². The lowest BCUT2D eigenvalue weighted by Gasteiger charge is -2.26. The van der Waals surface area contributed by atoms with E-state index in [-0.39, 0.29) is 29.2 Å². The molecule has 1 fully saturated rings. The molecular formula is C18H24N4O3S2. The van der Waals surface area contributed by atoms with Gasteiger partial charge in [-0.05, 0) is 25.8 Å². The summed E-state index contributed by atoms with van der Waals surface area (Å²) < 4.78 is 25.4. The molecule has 0 unspecified atom stereocenters. The van der Waals surface area contributed by atoms with Gasteiger partial charge in [-0.15, -0.1) is 10.2 Å². The van der Waals surface area contributed by atoms with Crippen LogP contribution in [0.4, 0.5) is 0 Å². The van der Waals surface area contributed by atoms with Crippen LogP contribution in [0.15, 0.2) is 35.5 Å². The van der Waals surface area contributed by atoms with Crippen LogP contribution < -0.4 is 0 Å². The lowest BCUT2D eigenvalue weighted by molar-refractivity contribution is -0.129. The predicted molar refractivity (Wildman–Crippen MR) is 105 cm³/mol. The zero-order chi connectivity index (χ0) is 19.4. The Morgan fingerprint density at radius 2 is 2.04 bits per heavy atom. The topological polar surface area (TPSA) is 85.2 Å². The summed E-state index contributed by atoms with van der Waals surface area (Å²) in [6, 6.07) is 9.81. The van der Waals surface area contributed by atoms with E-state index in [4.69, 9.17) is 0 Å². The molecule has 0 saturated carbocycles. The standard InChI is InChI=1S/C18H24N4O3S2/c1-3-21(16-9-10-27(24,25)13-16)17(23)12-26-18-20-19-14(2)22(18)11-15-7-5-4-6-8-15/h4-8,16H,3,9-13H2,1-2H3/t16-/m1/s1. The number of rotatable bonds is 7. The van der Waals surface area contributed by atoms with Crippen molar-refractivity contribution >= 4 is 27.5 Å². The number of thioether (sulfide) groups is 1. The highest BCUT2D eigenvalue weighted by molar-refractivity contribution is 7.99. The number of aromatic nitrogens is 3. The zero-order valence-corrected chi connectivity index (χ0v) is 17.2. The van der Waals surface area contributed by atoms with Crippen molar-refractivity contribution in [1.29, 1.82) is 0 Å². The van der Waals surface area contributed by atoms with Gasteiger partial charge in [-0.1, -0.05) is 42.1 Å². The number of hydrogen-bond donors (Lipinski definition) is 0. The molecule has 1 saturated heterocycles. The van der Waals surface area contributed by atoms with E-state index in [9.17, 15) is 13.2 Å². The Morgan fingerprint density at radius 1 is 1.30 bits per heavy atom. The van der Waals surface area contributed by atoms with E-state index in [0.717, 1.165) is 11.4 Å². The summed E-state index contributed by atoms with van der Waals surface area (Å²) in [5.41, 5.74) is 1.14. The van der Waals surface area contributed by atoms with Crippen LogP contribution in [0.5, 0.6) is 0 Å². The molecule has 1 aromatic heterocycles. The fourth-order valence-electron chi connectivity index (χ4n) is 3.28. The summed E-state index contributed by atoms with van der Waals surface area (Å²) in [6.45, 7) is 4.93. The third-order valence-corrected chi connectivity index (χ3v) is 7.42. The van der Waals surface area contributed by atoms with Crippen molar-refractivity contribution in [2.45, 2.75) is 38.0 Å². The van der Waals surface area contributed by atoms with Gasteiger partial charge in [0.15, 0.2) is 15.0 Å². The van der Waals surface area contributed by atoms with Gasteiger partial charge < -0.3 is 9.47 Å². The second-order valence-electron chi connectivity index (χ2n) is 6.63. The summed E-state index contributed by atoms with van der Waals surface area (Å²) in [5, 5.41) is 9.03. The van der Waals surface area contributed by atoms with Gasteiger partial charge in [-0.2, -0.15) is 0 Å². The van der Waals surface area contributed by atoms with Gasteiger partial charge in [-0.3, -0.25) is 4.79 Å². The van der Waals surface area contributed by atoms with Crippen LogP contribution in [0, 0.1) is 6.92 Å². The number of carbonyl (C=O) groups excluding carboxylic acids is 1. The molecule has 146 valence electrons. The fourth-order valence-corrected chi connectivity index (χ4v) is 5.89. The number of aryl methyl sites for hydroxylation is 1. The molecule has 1 aromatic carbocycles. The van der Waals surface area contributed by atoms with Crippen LogP contribution in [0.1, 0.15) is 24.7 Å².